The summed E-state index contributed by atoms with van der Waals surface area (Å²) in [6, 6.07) is 12.7. The van der Waals surface area contributed by atoms with Crippen LogP contribution in [0.15, 0.2) is 52.8 Å². The number of aromatic carboxylic acids is 1. The summed E-state index contributed by atoms with van der Waals surface area (Å²) >= 11 is 0. The molecule has 0 aliphatic carbocycles. The molecule has 0 fully saturated rings. The third kappa shape index (κ3) is 3.41. The topological polar surface area (TPSA) is 117 Å². The van der Waals surface area contributed by atoms with Crippen molar-refractivity contribution in [2.75, 3.05) is 5.32 Å². The summed E-state index contributed by atoms with van der Waals surface area (Å²) in [7, 11) is 3.31. The number of rotatable bonds is 4. The summed E-state index contributed by atoms with van der Waals surface area (Å²) in [6.07, 6.45) is 1.41. The van der Waals surface area contributed by atoms with Crippen LogP contribution in [0.2, 0.25) is 0 Å². The van der Waals surface area contributed by atoms with Crippen molar-refractivity contribution in [1.29, 1.82) is 5.26 Å². The van der Waals surface area contributed by atoms with Crippen LogP contribution in [-0.4, -0.2) is 26.1 Å². The van der Waals surface area contributed by atoms with E-state index >= 15 is 0 Å². The van der Waals surface area contributed by atoms with Crippen LogP contribution in [0.3, 0.4) is 0 Å². The Morgan fingerprint density at radius 2 is 1.82 bits per heavy atom. The van der Waals surface area contributed by atoms with E-state index in [0.717, 1.165) is 5.52 Å². The number of amides is 1. The normalized spacial score (nSPS) is 11.2. The Labute approximate surface area is 159 Å². The lowest BCUT2D eigenvalue weighted by Gasteiger charge is -2.05. The highest BCUT2D eigenvalue weighted by Crippen LogP contribution is 2.17. The number of fused-ring (bicyclic) bond motifs is 1. The first-order chi connectivity index (χ1) is 13.3. The molecular weight excluding hydrogens is 360 g/mol. The van der Waals surface area contributed by atoms with Crippen molar-refractivity contribution in [2.45, 2.75) is 0 Å². The van der Waals surface area contributed by atoms with Crippen LogP contribution in [0.4, 0.5) is 5.69 Å². The predicted molar refractivity (Wildman–Crippen MR) is 104 cm³/mol. The van der Waals surface area contributed by atoms with Crippen molar-refractivity contribution >= 4 is 34.7 Å². The Kier molecular flexibility index (Phi) is 4.83. The average Bonchev–Trinajstić information content (AvgIpc) is 2.90. The molecule has 1 aromatic heterocycles. The molecule has 8 nitrogen and oxygen atoms in total. The fraction of sp³-hybridized carbons (Fsp3) is 0.100. The highest BCUT2D eigenvalue weighted by atomic mass is 16.4. The molecule has 28 heavy (non-hydrogen) atoms. The van der Waals surface area contributed by atoms with Gasteiger partial charge >= 0.3 is 11.7 Å². The SMILES string of the molecule is Cn1c(=O)n(C)c2cc(/C=C(/C#N)C(=O)Nc3cccc(C(=O)O)c3)ccc21. The molecule has 0 atom stereocenters. The molecule has 1 amide bonds. The molecule has 0 spiro atoms. The molecule has 0 aliphatic heterocycles. The van der Waals surface area contributed by atoms with Crippen LogP contribution in [0.25, 0.3) is 17.1 Å². The zero-order chi connectivity index (χ0) is 20.4. The number of carbonyl (C=O) groups is 2. The number of carboxylic acid groups (broad SMARTS) is 1. The molecule has 8 heteroatoms. The minimum Gasteiger partial charge on any atom is -0.478 e. The van der Waals surface area contributed by atoms with Gasteiger partial charge in [0, 0.05) is 19.8 Å². The lowest BCUT2D eigenvalue weighted by atomic mass is 10.1. The van der Waals surface area contributed by atoms with Crippen LogP contribution >= 0.6 is 0 Å². The number of nitriles is 1. The molecule has 2 N–H and O–H groups in total. The number of anilines is 1. The summed E-state index contributed by atoms with van der Waals surface area (Å²) in [5.41, 5.74) is 1.96. The first kappa shape index (κ1) is 18.7. The minimum absolute atomic E-state index is 0.0238. The van der Waals surface area contributed by atoms with Gasteiger partial charge in [-0.25, -0.2) is 9.59 Å². The summed E-state index contributed by atoms with van der Waals surface area (Å²) in [6.45, 7) is 0. The summed E-state index contributed by atoms with van der Waals surface area (Å²) < 4.78 is 2.99. The standard InChI is InChI=1S/C20H16N4O4/c1-23-16-7-6-12(9-17(16)24(2)20(23)28)8-14(11-21)18(25)22-15-5-3-4-13(10-15)19(26)27/h3-10H,1-2H3,(H,22,25)(H,26,27)/b14-8-. The van der Waals surface area contributed by atoms with E-state index in [4.69, 9.17) is 5.11 Å². The Bertz CT molecular complexity index is 1240. The molecule has 1 heterocycles. The number of nitrogens with zero attached hydrogens (tertiary/aromatic N) is 3. The van der Waals surface area contributed by atoms with Crippen molar-refractivity contribution in [3.8, 4) is 6.07 Å². The van der Waals surface area contributed by atoms with Crippen LogP contribution in [0.1, 0.15) is 15.9 Å². The van der Waals surface area contributed by atoms with Gasteiger partial charge in [0.1, 0.15) is 11.6 Å². The number of aromatic nitrogens is 2. The zero-order valence-electron chi connectivity index (χ0n) is 15.1. The Balaban J connectivity index is 1.92. The van der Waals surface area contributed by atoms with Gasteiger partial charge in [-0.2, -0.15) is 5.26 Å². The summed E-state index contributed by atoms with van der Waals surface area (Å²) in [5.74, 6) is -1.78. The molecule has 0 bridgehead atoms. The molecule has 2 aromatic carbocycles. The molecule has 140 valence electrons. The quantitative estimate of drug-likeness (QED) is 0.534. The van der Waals surface area contributed by atoms with Crippen LogP contribution in [0.5, 0.6) is 0 Å². The van der Waals surface area contributed by atoms with Gasteiger partial charge in [0.15, 0.2) is 0 Å². The lowest BCUT2D eigenvalue weighted by molar-refractivity contribution is -0.112. The molecule has 0 aliphatic rings. The maximum atomic E-state index is 12.4. The lowest BCUT2D eigenvalue weighted by Crippen LogP contribution is -2.19. The largest absolute Gasteiger partial charge is 0.478 e. The molecule has 3 aromatic rings. The number of carboxylic acids is 1. The van der Waals surface area contributed by atoms with Gasteiger partial charge < -0.3 is 10.4 Å². The number of aryl methyl sites for hydroxylation is 2. The monoisotopic (exact) mass is 376 g/mol. The number of carbonyl (C=O) groups excluding carboxylic acids is 1. The van der Waals surface area contributed by atoms with E-state index in [1.165, 1.54) is 39.5 Å². The number of hydrogen-bond acceptors (Lipinski definition) is 4. The minimum atomic E-state index is -1.12. The zero-order valence-corrected chi connectivity index (χ0v) is 15.1. The molecule has 0 saturated heterocycles. The molecule has 3 rings (SSSR count). The van der Waals surface area contributed by atoms with Gasteiger partial charge in [-0.3, -0.25) is 13.9 Å². The van der Waals surface area contributed by atoms with E-state index < -0.39 is 11.9 Å². The highest BCUT2D eigenvalue weighted by Gasteiger charge is 2.12. The second-order valence-corrected chi connectivity index (χ2v) is 6.16. The third-order valence-electron chi connectivity index (χ3n) is 4.34. The molecular formula is C20H16N4O4. The predicted octanol–water partition coefficient (Wildman–Crippen LogP) is 2.12. The number of imidazole rings is 1. The van der Waals surface area contributed by atoms with E-state index in [-0.39, 0.29) is 22.5 Å². The molecule has 0 radical (unpaired) electrons. The van der Waals surface area contributed by atoms with E-state index in [0.29, 0.717) is 11.1 Å². The van der Waals surface area contributed by atoms with Crippen molar-refractivity contribution in [3.05, 3.63) is 69.6 Å². The van der Waals surface area contributed by atoms with E-state index in [1.807, 2.05) is 6.07 Å². The Morgan fingerprint density at radius 3 is 2.50 bits per heavy atom. The second-order valence-electron chi connectivity index (χ2n) is 6.16. The molecule has 0 unspecified atom stereocenters. The van der Waals surface area contributed by atoms with E-state index in [1.54, 1.807) is 32.3 Å². The maximum Gasteiger partial charge on any atom is 0.335 e. The highest BCUT2D eigenvalue weighted by molar-refractivity contribution is 6.10. The number of nitrogens with one attached hydrogen (secondary N) is 1. The van der Waals surface area contributed by atoms with Gasteiger partial charge in [0.05, 0.1) is 16.6 Å². The van der Waals surface area contributed by atoms with Gasteiger partial charge in [-0.1, -0.05) is 12.1 Å². The second kappa shape index (κ2) is 7.25. The van der Waals surface area contributed by atoms with Crippen molar-refractivity contribution < 1.29 is 14.7 Å². The van der Waals surface area contributed by atoms with Gasteiger partial charge in [-0.05, 0) is 42.0 Å². The number of hydrogen-bond donors (Lipinski definition) is 2. The first-order valence-corrected chi connectivity index (χ1v) is 8.24. The fourth-order valence-corrected chi connectivity index (χ4v) is 2.86. The van der Waals surface area contributed by atoms with Gasteiger partial charge in [-0.15, -0.1) is 0 Å². The summed E-state index contributed by atoms with van der Waals surface area (Å²) in [5, 5.41) is 20.9. The van der Waals surface area contributed by atoms with E-state index in [9.17, 15) is 19.6 Å². The Morgan fingerprint density at radius 1 is 1.11 bits per heavy atom. The summed E-state index contributed by atoms with van der Waals surface area (Å²) in [4.78, 5) is 35.5. The number of benzene rings is 2. The van der Waals surface area contributed by atoms with Crippen LogP contribution in [0, 0.1) is 11.3 Å². The molecule has 0 saturated carbocycles. The van der Waals surface area contributed by atoms with Crippen LogP contribution < -0.4 is 11.0 Å². The van der Waals surface area contributed by atoms with Gasteiger partial charge in [0.2, 0.25) is 0 Å². The maximum absolute atomic E-state index is 12.4. The third-order valence-corrected chi connectivity index (χ3v) is 4.34. The average molecular weight is 376 g/mol. The Hall–Kier alpha value is -4.12. The van der Waals surface area contributed by atoms with Crippen molar-refractivity contribution in [3.63, 3.8) is 0 Å². The van der Waals surface area contributed by atoms with Crippen molar-refractivity contribution in [1.82, 2.24) is 9.13 Å². The van der Waals surface area contributed by atoms with Gasteiger partial charge in [0.25, 0.3) is 5.91 Å². The van der Waals surface area contributed by atoms with Crippen LogP contribution in [-0.2, 0) is 18.9 Å². The smallest absolute Gasteiger partial charge is 0.335 e. The van der Waals surface area contributed by atoms with Crippen molar-refractivity contribution in [2.24, 2.45) is 14.1 Å². The first-order valence-electron chi connectivity index (χ1n) is 8.24. The van der Waals surface area contributed by atoms with E-state index in [2.05, 4.69) is 5.32 Å². The fourth-order valence-electron chi connectivity index (χ4n) is 2.86.